The normalized spacial score (nSPS) is 13.6. The fourth-order valence-electron chi connectivity index (χ4n) is 15.7. The van der Waals surface area contributed by atoms with Gasteiger partial charge >= 0.3 is 0 Å². The van der Waals surface area contributed by atoms with Crippen molar-refractivity contribution in [3.8, 4) is 34.5 Å². The van der Waals surface area contributed by atoms with Crippen LogP contribution in [-0.2, 0) is 43.3 Å². The molecule has 94 heavy (non-hydrogen) atoms. The van der Waals surface area contributed by atoms with Crippen LogP contribution in [0.5, 0.6) is 34.5 Å². The Kier molecular flexibility index (Phi) is 24.5. The van der Waals surface area contributed by atoms with Crippen molar-refractivity contribution in [3.05, 3.63) is 173 Å². The summed E-state index contributed by atoms with van der Waals surface area (Å²) in [6, 6.07) is 26.0. The Morgan fingerprint density at radius 2 is 0.532 bits per heavy atom. The van der Waals surface area contributed by atoms with E-state index < -0.39 is 49.2 Å². The Hall–Kier alpha value is -5.53. The molecule has 6 N–H and O–H groups in total. The third-order valence-corrected chi connectivity index (χ3v) is 22.3. The van der Waals surface area contributed by atoms with Gasteiger partial charge in [0.25, 0.3) is 0 Å². The number of unbranched alkanes of at least 4 members (excludes halogenated alkanes) is 10. The molecule has 0 aliphatic heterocycles. The summed E-state index contributed by atoms with van der Waals surface area (Å²) in [6.07, 6.45) is 15.2. The van der Waals surface area contributed by atoms with Crippen molar-refractivity contribution in [1.29, 1.82) is 0 Å². The highest BCUT2D eigenvalue weighted by Gasteiger charge is 2.55. The summed E-state index contributed by atoms with van der Waals surface area (Å²) in [4.78, 5) is 0. The van der Waals surface area contributed by atoms with Crippen LogP contribution in [0, 0.1) is 41.5 Å². The van der Waals surface area contributed by atoms with Gasteiger partial charge in [-0.1, -0.05) is 246 Å². The Balaban J connectivity index is 2.08. The van der Waals surface area contributed by atoms with E-state index in [1.807, 2.05) is 36.4 Å². The molecule has 0 amide bonds. The Morgan fingerprint density at radius 3 is 0.809 bits per heavy atom. The largest absolute Gasteiger partial charge is 0.508 e. The fourth-order valence-corrected chi connectivity index (χ4v) is 17.4. The second-order valence-corrected chi connectivity index (χ2v) is 36.2. The summed E-state index contributed by atoms with van der Waals surface area (Å²) in [5, 5.41) is 74.6. The average Bonchev–Trinajstić information content (AvgIpc) is 0.702. The van der Waals surface area contributed by atoms with E-state index in [9.17, 15) is 30.6 Å². The maximum atomic E-state index is 12.6. The van der Waals surface area contributed by atoms with Crippen LogP contribution < -0.4 is 0 Å². The summed E-state index contributed by atoms with van der Waals surface area (Å²) >= 11 is 2.08. The fraction of sp³-hybridized carbons (Fsp3) is 0.586. The molecule has 0 radical (unpaired) electrons. The van der Waals surface area contributed by atoms with Crippen LogP contribution >= 0.6 is 11.8 Å². The number of hydrogen-bond acceptors (Lipinski definition) is 7. The molecule has 0 aromatic heterocycles. The highest BCUT2D eigenvalue weighted by atomic mass is 32.2. The van der Waals surface area contributed by atoms with Gasteiger partial charge in [-0.3, -0.25) is 0 Å². The molecule has 0 heterocycles. The third-order valence-electron chi connectivity index (χ3n) is 20.8. The number of thioether (sulfide) groups is 1. The maximum absolute atomic E-state index is 12.6. The van der Waals surface area contributed by atoms with Crippen LogP contribution in [0.15, 0.2) is 72.8 Å². The van der Waals surface area contributed by atoms with Crippen LogP contribution in [0.4, 0.5) is 0 Å². The van der Waals surface area contributed by atoms with Gasteiger partial charge in [-0.05, 0) is 236 Å². The first-order valence-electron chi connectivity index (χ1n) is 36.0. The minimum atomic E-state index is -1.15. The van der Waals surface area contributed by atoms with E-state index in [4.69, 9.17) is 0 Å². The smallest absolute Gasteiger partial charge is 0.119 e. The molecule has 0 aliphatic rings. The van der Waals surface area contributed by atoms with Crippen molar-refractivity contribution in [2.45, 2.75) is 324 Å². The van der Waals surface area contributed by atoms with Crippen molar-refractivity contribution in [2.75, 3.05) is 5.75 Å². The van der Waals surface area contributed by atoms with E-state index in [2.05, 4.69) is 228 Å². The molecule has 0 saturated heterocycles. The highest BCUT2D eigenvalue weighted by Crippen LogP contribution is 2.62. The number of phenols is 6. The van der Waals surface area contributed by atoms with Gasteiger partial charge in [0.15, 0.2) is 0 Å². The molecule has 6 rings (SSSR count). The number of benzene rings is 6. The summed E-state index contributed by atoms with van der Waals surface area (Å²) in [7, 11) is 0. The topological polar surface area (TPSA) is 121 Å². The van der Waals surface area contributed by atoms with Gasteiger partial charge < -0.3 is 30.6 Å². The van der Waals surface area contributed by atoms with Crippen LogP contribution in [0.2, 0.25) is 0 Å². The molecule has 1 atom stereocenters. The van der Waals surface area contributed by atoms with Crippen LogP contribution in [0.25, 0.3) is 0 Å². The monoisotopic (exact) mass is 1300 g/mol. The zero-order valence-electron chi connectivity index (χ0n) is 63.8. The van der Waals surface area contributed by atoms with Gasteiger partial charge in [0, 0.05) is 22.0 Å². The number of hydrogen-bond donors (Lipinski definition) is 6. The molecular weight excluding hydrogens is 1170 g/mol. The second kappa shape index (κ2) is 29.7. The minimum Gasteiger partial charge on any atom is -0.508 e. The zero-order chi connectivity index (χ0) is 70.8. The first-order valence-corrected chi connectivity index (χ1v) is 37.0. The SMILES string of the molecule is CCCCCCCCCCCCSC(CC(c1cc(C(C)(C)C)c(O)cc1C)(c1cc(C(C)(C)C)c(O)cc1C)C(c1cc(C(C)(C)C)c(O)cc1C)c1cc(C(C)(C)C)c(O)cc1C)C(CCCC)(c1cc(C(C)(C)C)c(O)cc1C)c1cc(C(C)(C)C)c(O)cc1C. The van der Waals surface area contributed by atoms with Gasteiger partial charge in [-0.2, -0.15) is 11.8 Å². The molecule has 0 spiro atoms. The summed E-state index contributed by atoms with van der Waals surface area (Å²) in [5.41, 5.74) is 12.3. The van der Waals surface area contributed by atoms with Gasteiger partial charge in [0.05, 0.1) is 0 Å². The van der Waals surface area contributed by atoms with Crippen molar-refractivity contribution in [2.24, 2.45) is 0 Å². The van der Waals surface area contributed by atoms with E-state index in [0.29, 0.717) is 6.42 Å². The Bertz CT molecular complexity index is 3380. The molecule has 518 valence electrons. The van der Waals surface area contributed by atoms with E-state index >= 15 is 0 Å². The van der Waals surface area contributed by atoms with E-state index in [0.717, 1.165) is 138 Å². The van der Waals surface area contributed by atoms with Gasteiger partial charge in [-0.15, -0.1) is 0 Å². The number of aromatic hydroxyl groups is 6. The maximum Gasteiger partial charge on any atom is 0.119 e. The van der Waals surface area contributed by atoms with Crippen molar-refractivity contribution in [3.63, 3.8) is 0 Å². The highest BCUT2D eigenvalue weighted by molar-refractivity contribution is 8.00. The molecule has 7 heteroatoms. The lowest BCUT2D eigenvalue weighted by molar-refractivity contribution is 0.332. The quantitative estimate of drug-likeness (QED) is 0.0316. The van der Waals surface area contributed by atoms with Gasteiger partial charge in [0.2, 0.25) is 0 Å². The lowest BCUT2D eigenvalue weighted by atomic mass is 9.53. The molecule has 0 fully saturated rings. The van der Waals surface area contributed by atoms with Crippen molar-refractivity contribution in [1.82, 2.24) is 0 Å². The molecule has 6 aromatic rings. The first kappa shape index (κ1) is 77.5. The summed E-state index contributed by atoms with van der Waals surface area (Å²) < 4.78 is 0. The molecule has 0 saturated carbocycles. The van der Waals surface area contributed by atoms with E-state index in [1.165, 1.54) is 51.4 Å². The van der Waals surface area contributed by atoms with Crippen molar-refractivity contribution < 1.29 is 30.6 Å². The van der Waals surface area contributed by atoms with E-state index in [-0.39, 0.29) is 39.7 Å². The standard InChI is InChI=1S/C87H128O6S/c1-27-29-31-32-33-34-35-36-37-38-40-94-78(86(39-30-28-2,62-49-68(82(15,16)17)74(90)43-56(62)5)63-50-69(83(18,19)20)75(91)44-57(63)6)53-87(64-51-70(84(21,22)23)76(92)45-58(64)7,65-52-71(85(24,25)26)77(93)46-59(65)8)79(60-47-66(80(9,10)11)72(88)41-54(60)3)61-48-67(81(12,13)14)73(89)42-55(61)4/h41-52,78-79,88-93H,27-40,53H2,1-26H3. The molecule has 0 aliphatic carbocycles. The van der Waals surface area contributed by atoms with Gasteiger partial charge in [-0.25, -0.2) is 0 Å². The Morgan fingerprint density at radius 1 is 0.287 bits per heavy atom. The zero-order valence-corrected chi connectivity index (χ0v) is 64.6. The summed E-state index contributed by atoms with van der Waals surface area (Å²) in [5.74, 6) is 1.78. The lowest BCUT2D eigenvalue weighted by Crippen LogP contribution is -2.48. The second-order valence-electron chi connectivity index (χ2n) is 34.9. The molecule has 0 bridgehead atoms. The van der Waals surface area contributed by atoms with Crippen LogP contribution in [-0.4, -0.2) is 41.6 Å². The minimum absolute atomic E-state index is 0.233. The third kappa shape index (κ3) is 16.9. The predicted molar refractivity (Wildman–Crippen MR) is 405 cm³/mol. The molecule has 6 nitrogen and oxygen atoms in total. The number of rotatable bonds is 25. The predicted octanol–water partition coefficient (Wildman–Crippen LogP) is 24.3. The molecule has 6 aromatic carbocycles. The lowest BCUT2D eigenvalue weighted by Gasteiger charge is -2.52. The first-order chi connectivity index (χ1) is 43.3. The molecule has 1 unspecified atom stereocenters. The average molecular weight is 1300 g/mol. The number of phenolic OH excluding ortho intramolecular Hbond substituents is 6. The Labute approximate surface area is 576 Å². The van der Waals surface area contributed by atoms with Crippen LogP contribution in [0.1, 0.15) is 334 Å². The summed E-state index contributed by atoms with van der Waals surface area (Å²) in [6.45, 7) is 57.0. The molecular formula is C87H128O6S. The van der Waals surface area contributed by atoms with Crippen molar-refractivity contribution >= 4 is 11.8 Å². The van der Waals surface area contributed by atoms with Crippen LogP contribution in [0.3, 0.4) is 0 Å². The van der Waals surface area contributed by atoms with Gasteiger partial charge in [0.1, 0.15) is 34.5 Å². The van der Waals surface area contributed by atoms with E-state index in [1.54, 1.807) is 0 Å². The number of aryl methyl sites for hydroxylation is 6.